The molecule has 1 aromatic carbocycles. The number of carbonyl (C=O) groups is 1. The van der Waals surface area contributed by atoms with Crippen LogP contribution < -0.4 is 15.8 Å². The van der Waals surface area contributed by atoms with Gasteiger partial charge in [-0.2, -0.15) is 0 Å². The van der Waals surface area contributed by atoms with Crippen molar-refractivity contribution in [3.05, 3.63) is 40.4 Å². The molecule has 0 aliphatic rings. The van der Waals surface area contributed by atoms with Gasteiger partial charge in [-0.3, -0.25) is 4.79 Å². The number of rotatable bonds is 5. The maximum absolute atomic E-state index is 12.0. The standard InChI is InChI=1S/C15H19N3O2S/c1-9-4-5-10(2)13(6-9)20-11(3)14(19)17-7-12-8-21-15(16)18-12/h4-6,8,11H,7H2,1-3H3,(H2,16,18)(H,17,19)/t11-/m1/s1. The number of nitrogens with two attached hydrogens (primary N) is 1. The highest BCUT2D eigenvalue weighted by Gasteiger charge is 2.15. The third-order valence-electron chi connectivity index (χ3n) is 3.03. The first-order valence-corrected chi connectivity index (χ1v) is 7.55. The molecule has 0 saturated heterocycles. The topological polar surface area (TPSA) is 77.2 Å². The minimum atomic E-state index is -0.568. The number of aryl methyl sites for hydroxylation is 2. The molecule has 0 spiro atoms. The second-order valence-electron chi connectivity index (χ2n) is 4.92. The molecule has 2 rings (SSSR count). The highest BCUT2D eigenvalue weighted by molar-refractivity contribution is 7.13. The molecule has 3 N–H and O–H groups in total. The van der Waals surface area contributed by atoms with Crippen LogP contribution in [0.1, 0.15) is 23.7 Å². The Labute approximate surface area is 128 Å². The summed E-state index contributed by atoms with van der Waals surface area (Å²) < 4.78 is 5.73. The lowest BCUT2D eigenvalue weighted by Crippen LogP contribution is -2.36. The van der Waals surface area contributed by atoms with Crippen LogP contribution in [-0.4, -0.2) is 17.0 Å². The number of ether oxygens (including phenoxy) is 1. The van der Waals surface area contributed by atoms with Crippen molar-refractivity contribution in [2.45, 2.75) is 33.4 Å². The first-order chi connectivity index (χ1) is 9.95. The predicted octanol–water partition coefficient (Wildman–Crippen LogP) is 2.43. The van der Waals surface area contributed by atoms with Gasteiger partial charge in [0.1, 0.15) is 5.75 Å². The van der Waals surface area contributed by atoms with E-state index in [0.29, 0.717) is 11.7 Å². The maximum atomic E-state index is 12.0. The van der Waals surface area contributed by atoms with Crippen LogP contribution in [0.3, 0.4) is 0 Å². The number of aromatic nitrogens is 1. The summed E-state index contributed by atoms with van der Waals surface area (Å²) in [6, 6.07) is 5.92. The SMILES string of the molecule is Cc1ccc(C)c(O[C@H](C)C(=O)NCc2csc(N)n2)c1. The van der Waals surface area contributed by atoms with Crippen molar-refractivity contribution in [1.82, 2.24) is 10.3 Å². The van der Waals surface area contributed by atoms with Gasteiger partial charge < -0.3 is 15.8 Å². The van der Waals surface area contributed by atoms with Crippen LogP contribution in [0.4, 0.5) is 5.13 Å². The van der Waals surface area contributed by atoms with Crippen molar-refractivity contribution >= 4 is 22.4 Å². The van der Waals surface area contributed by atoms with E-state index in [1.165, 1.54) is 11.3 Å². The van der Waals surface area contributed by atoms with Crippen molar-refractivity contribution in [3.8, 4) is 5.75 Å². The van der Waals surface area contributed by atoms with Gasteiger partial charge in [0.25, 0.3) is 5.91 Å². The Morgan fingerprint density at radius 3 is 2.90 bits per heavy atom. The van der Waals surface area contributed by atoms with Gasteiger partial charge >= 0.3 is 0 Å². The van der Waals surface area contributed by atoms with Gasteiger partial charge in [-0.25, -0.2) is 4.98 Å². The lowest BCUT2D eigenvalue weighted by molar-refractivity contribution is -0.127. The molecule has 0 bridgehead atoms. The molecule has 0 radical (unpaired) electrons. The van der Waals surface area contributed by atoms with Crippen molar-refractivity contribution < 1.29 is 9.53 Å². The monoisotopic (exact) mass is 305 g/mol. The maximum Gasteiger partial charge on any atom is 0.261 e. The number of hydrogen-bond donors (Lipinski definition) is 2. The summed E-state index contributed by atoms with van der Waals surface area (Å²) in [7, 11) is 0. The molecule has 2 aromatic rings. The fourth-order valence-corrected chi connectivity index (χ4v) is 2.37. The van der Waals surface area contributed by atoms with Gasteiger partial charge in [-0.1, -0.05) is 12.1 Å². The highest BCUT2D eigenvalue weighted by atomic mass is 32.1. The van der Waals surface area contributed by atoms with Crippen molar-refractivity contribution in [2.24, 2.45) is 0 Å². The van der Waals surface area contributed by atoms with Crippen molar-refractivity contribution in [1.29, 1.82) is 0 Å². The average Bonchev–Trinajstić information content (AvgIpc) is 2.86. The second-order valence-corrected chi connectivity index (χ2v) is 5.81. The summed E-state index contributed by atoms with van der Waals surface area (Å²) in [5.74, 6) is 0.554. The zero-order valence-corrected chi connectivity index (χ0v) is 13.2. The first kappa shape index (κ1) is 15.3. The van der Waals surface area contributed by atoms with Crippen molar-refractivity contribution in [2.75, 3.05) is 5.73 Å². The average molecular weight is 305 g/mol. The second kappa shape index (κ2) is 6.58. The Hall–Kier alpha value is -2.08. The molecular weight excluding hydrogens is 286 g/mol. The van der Waals surface area contributed by atoms with E-state index in [2.05, 4.69) is 10.3 Å². The lowest BCUT2D eigenvalue weighted by atomic mass is 10.1. The summed E-state index contributed by atoms with van der Waals surface area (Å²) in [4.78, 5) is 16.1. The van der Waals surface area contributed by atoms with E-state index in [0.717, 1.165) is 22.6 Å². The number of nitrogens with one attached hydrogen (secondary N) is 1. The molecule has 1 atom stereocenters. The number of hydrogen-bond acceptors (Lipinski definition) is 5. The van der Waals surface area contributed by atoms with Crippen LogP contribution >= 0.6 is 11.3 Å². The molecule has 21 heavy (non-hydrogen) atoms. The number of carbonyl (C=O) groups excluding carboxylic acids is 1. The number of amides is 1. The Kier molecular flexibility index (Phi) is 4.80. The van der Waals surface area contributed by atoms with E-state index < -0.39 is 6.10 Å². The minimum absolute atomic E-state index is 0.178. The number of nitrogen functional groups attached to an aromatic ring is 1. The van der Waals surface area contributed by atoms with Crippen LogP contribution in [0.2, 0.25) is 0 Å². The Morgan fingerprint density at radius 2 is 2.24 bits per heavy atom. The number of benzene rings is 1. The Bertz CT molecular complexity index is 640. The van der Waals surface area contributed by atoms with Crippen LogP contribution in [0, 0.1) is 13.8 Å². The molecule has 6 heteroatoms. The zero-order chi connectivity index (χ0) is 15.4. The lowest BCUT2D eigenvalue weighted by Gasteiger charge is -2.16. The molecule has 0 unspecified atom stereocenters. The third-order valence-corrected chi connectivity index (χ3v) is 3.75. The summed E-state index contributed by atoms with van der Waals surface area (Å²) in [5, 5.41) is 5.12. The zero-order valence-electron chi connectivity index (χ0n) is 12.3. The Balaban J connectivity index is 1.91. The normalized spacial score (nSPS) is 12.0. The van der Waals surface area contributed by atoms with Gasteiger partial charge in [0.05, 0.1) is 12.2 Å². The highest BCUT2D eigenvalue weighted by Crippen LogP contribution is 2.20. The molecule has 1 amide bonds. The third kappa shape index (κ3) is 4.19. The summed E-state index contributed by atoms with van der Waals surface area (Å²) in [6.07, 6.45) is -0.568. The predicted molar refractivity (Wildman–Crippen MR) is 84.4 cm³/mol. The van der Waals surface area contributed by atoms with E-state index in [1.807, 2.05) is 37.4 Å². The Morgan fingerprint density at radius 1 is 1.48 bits per heavy atom. The molecule has 0 saturated carbocycles. The molecular formula is C15H19N3O2S. The quantitative estimate of drug-likeness (QED) is 0.889. The number of thiazole rings is 1. The smallest absolute Gasteiger partial charge is 0.261 e. The fraction of sp³-hybridized carbons (Fsp3) is 0.333. The van der Waals surface area contributed by atoms with Crippen LogP contribution in [-0.2, 0) is 11.3 Å². The molecule has 1 heterocycles. The molecule has 5 nitrogen and oxygen atoms in total. The largest absolute Gasteiger partial charge is 0.481 e. The molecule has 112 valence electrons. The van der Waals surface area contributed by atoms with Crippen LogP contribution in [0.15, 0.2) is 23.6 Å². The summed E-state index contributed by atoms with van der Waals surface area (Å²) in [5.41, 5.74) is 8.41. The van der Waals surface area contributed by atoms with Gasteiger partial charge in [0.2, 0.25) is 0 Å². The minimum Gasteiger partial charge on any atom is -0.481 e. The molecule has 0 fully saturated rings. The van der Waals surface area contributed by atoms with E-state index in [9.17, 15) is 4.79 Å². The van der Waals surface area contributed by atoms with E-state index in [1.54, 1.807) is 6.92 Å². The van der Waals surface area contributed by atoms with Crippen LogP contribution in [0.25, 0.3) is 0 Å². The van der Waals surface area contributed by atoms with E-state index in [4.69, 9.17) is 10.5 Å². The van der Waals surface area contributed by atoms with E-state index >= 15 is 0 Å². The number of nitrogens with zero attached hydrogens (tertiary/aromatic N) is 1. The van der Waals surface area contributed by atoms with Crippen molar-refractivity contribution in [3.63, 3.8) is 0 Å². The summed E-state index contributed by atoms with van der Waals surface area (Å²) in [6.45, 7) is 6.03. The van der Waals surface area contributed by atoms with Gasteiger partial charge in [-0.05, 0) is 38.0 Å². The molecule has 0 aliphatic heterocycles. The van der Waals surface area contributed by atoms with Crippen LogP contribution in [0.5, 0.6) is 5.75 Å². The van der Waals surface area contributed by atoms with Gasteiger partial charge in [0.15, 0.2) is 11.2 Å². The van der Waals surface area contributed by atoms with Gasteiger partial charge in [0, 0.05) is 5.38 Å². The molecule has 1 aromatic heterocycles. The van der Waals surface area contributed by atoms with E-state index in [-0.39, 0.29) is 5.91 Å². The molecule has 0 aliphatic carbocycles. The van der Waals surface area contributed by atoms with Gasteiger partial charge in [-0.15, -0.1) is 11.3 Å². The first-order valence-electron chi connectivity index (χ1n) is 6.67. The fourth-order valence-electron chi connectivity index (χ4n) is 1.80. The number of anilines is 1. The summed E-state index contributed by atoms with van der Waals surface area (Å²) >= 11 is 1.35.